The van der Waals surface area contributed by atoms with Crippen molar-refractivity contribution in [3.05, 3.63) is 53.1 Å². The van der Waals surface area contributed by atoms with Gasteiger partial charge in [0.2, 0.25) is 22.9 Å². The van der Waals surface area contributed by atoms with E-state index in [4.69, 9.17) is 0 Å². The second-order valence-corrected chi connectivity index (χ2v) is 9.50. The summed E-state index contributed by atoms with van der Waals surface area (Å²) in [7, 11) is 0. The molecule has 31 heavy (non-hydrogen) atoms. The van der Waals surface area contributed by atoms with Gasteiger partial charge in [0.25, 0.3) is 0 Å². The molecule has 3 aliphatic carbocycles. The van der Waals surface area contributed by atoms with Gasteiger partial charge in [0.1, 0.15) is 11.0 Å². The fourth-order valence-corrected chi connectivity index (χ4v) is 5.86. The molecule has 4 aliphatic rings. The number of amides is 3. The number of aryl methyl sites for hydroxylation is 1. The second-order valence-electron chi connectivity index (χ2n) is 8.44. The molecule has 0 unspecified atom stereocenters. The molecule has 2 aromatic rings. The van der Waals surface area contributed by atoms with Crippen LogP contribution in [0.1, 0.15) is 30.3 Å². The van der Waals surface area contributed by atoms with E-state index in [1.807, 2.05) is 37.3 Å². The first-order valence-electron chi connectivity index (χ1n) is 10.8. The Morgan fingerprint density at radius 3 is 2.29 bits per heavy atom. The smallest absolute Gasteiger partial charge is 0.249 e. The molecule has 1 N–H and O–H groups in total. The van der Waals surface area contributed by atoms with E-state index >= 15 is 0 Å². The van der Waals surface area contributed by atoms with E-state index < -0.39 is 11.9 Å². The zero-order valence-electron chi connectivity index (χ0n) is 17.2. The van der Waals surface area contributed by atoms with Crippen LogP contribution in [0.4, 0.5) is 5.13 Å². The Kier molecular flexibility index (Phi) is 5.17. The van der Waals surface area contributed by atoms with E-state index in [2.05, 4.69) is 27.7 Å². The molecule has 1 aromatic carbocycles. The van der Waals surface area contributed by atoms with Crippen molar-refractivity contribution >= 4 is 34.2 Å². The minimum atomic E-state index is -0.915. The summed E-state index contributed by atoms with van der Waals surface area (Å²) in [4.78, 5) is 41.5. The summed E-state index contributed by atoms with van der Waals surface area (Å²) in [5.74, 6) is -1.32. The van der Waals surface area contributed by atoms with Crippen LogP contribution in [-0.2, 0) is 27.2 Å². The number of allylic oxidation sites excluding steroid dienone is 2. The zero-order valence-corrected chi connectivity index (χ0v) is 18.0. The van der Waals surface area contributed by atoms with Gasteiger partial charge in [-0.3, -0.25) is 24.6 Å². The summed E-state index contributed by atoms with van der Waals surface area (Å²) in [6.07, 6.45) is 7.02. The monoisotopic (exact) mass is 436 g/mol. The molecule has 0 spiro atoms. The van der Waals surface area contributed by atoms with Crippen molar-refractivity contribution in [2.75, 3.05) is 5.32 Å². The van der Waals surface area contributed by atoms with Crippen molar-refractivity contribution in [3.63, 3.8) is 0 Å². The average molecular weight is 437 g/mol. The Labute approximate surface area is 184 Å². The molecule has 1 aromatic heterocycles. The van der Waals surface area contributed by atoms with Crippen LogP contribution < -0.4 is 5.32 Å². The summed E-state index contributed by atoms with van der Waals surface area (Å²) in [5.41, 5.74) is 0.894. The Morgan fingerprint density at radius 2 is 1.74 bits per heavy atom. The van der Waals surface area contributed by atoms with Crippen LogP contribution in [0.5, 0.6) is 0 Å². The number of rotatable bonds is 6. The minimum absolute atomic E-state index is 0.0900. The largest absolute Gasteiger partial charge is 0.299 e. The van der Waals surface area contributed by atoms with Crippen molar-refractivity contribution in [2.45, 2.75) is 38.6 Å². The van der Waals surface area contributed by atoms with Gasteiger partial charge in [-0.05, 0) is 36.7 Å². The van der Waals surface area contributed by atoms with Crippen LogP contribution in [0, 0.1) is 23.7 Å². The Bertz CT molecular complexity index is 1020. The number of carbonyl (C=O) groups is 3. The van der Waals surface area contributed by atoms with Crippen molar-refractivity contribution in [2.24, 2.45) is 23.7 Å². The third kappa shape index (κ3) is 3.48. The fourth-order valence-electron chi connectivity index (χ4n) is 5.18. The number of hydrogen-bond acceptors (Lipinski definition) is 6. The van der Waals surface area contributed by atoms with Crippen molar-refractivity contribution in [1.29, 1.82) is 0 Å². The van der Waals surface area contributed by atoms with Crippen LogP contribution in [0.15, 0.2) is 42.5 Å². The highest BCUT2D eigenvalue weighted by molar-refractivity contribution is 7.15. The van der Waals surface area contributed by atoms with E-state index in [1.54, 1.807) is 0 Å². The molecule has 2 fully saturated rings. The molecule has 160 valence electrons. The molecule has 2 heterocycles. The topological polar surface area (TPSA) is 92.3 Å². The number of fused-ring (bicyclic) bond motifs is 1. The van der Waals surface area contributed by atoms with Crippen molar-refractivity contribution < 1.29 is 14.4 Å². The molecule has 1 aliphatic heterocycles. The van der Waals surface area contributed by atoms with Crippen LogP contribution >= 0.6 is 11.3 Å². The number of likely N-dealkylation sites (tertiary alicyclic amines) is 1. The maximum atomic E-state index is 13.4. The van der Waals surface area contributed by atoms with Gasteiger partial charge in [-0.1, -0.05) is 60.7 Å². The molecule has 1 saturated heterocycles. The first-order valence-corrected chi connectivity index (χ1v) is 11.6. The molecular formula is C23H24N4O3S. The highest BCUT2D eigenvalue weighted by Crippen LogP contribution is 2.50. The van der Waals surface area contributed by atoms with Gasteiger partial charge >= 0.3 is 0 Å². The van der Waals surface area contributed by atoms with Crippen molar-refractivity contribution in [1.82, 2.24) is 15.1 Å². The standard InChI is InChI=1S/C23H24N4O3S/c1-2-17-25-26-23(31-17)24-20(28)16(12-13-6-4-3-5-7-13)27-21(29)18-14-8-9-15(11-10-14)19(18)22(27)30/h3-9,14-16,18-19H,2,10-12H2,1H3,(H,24,26,28)/t14-,15-,16-,18+,19+/m0/s1. The first kappa shape index (κ1) is 20.1. The summed E-state index contributed by atoms with van der Waals surface area (Å²) < 4.78 is 0. The lowest BCUT2D eigenvalue weighted by molar-refractivity contribution is -0.146. The molecular weight excluding hydrogens is 412 g/mol. The number of hydrogen-bond donors (Lipinski definition) is 1. The lowest BCUT2D eigenvalue weighted by Crippen LogP contribution is -2.49. The lowest BCUT2D eigenvalue weighted by atomic mass is 9.63. The molecule has 5 atom stereocenters. The maximum absolute atomic E-state index is 13.4. The lowest BCUT2D eigenvalue weighted by Gasteiger charge is -2.38. The summed E-state index contributed by atoms with van der Waals surface area (Å²) in [6, 6.07) is 8.57. The van der Waals surface area contributed by atoms with E-state index in [-0.39, 0.29) is 41.9 Å². The van der Waals surface area contributed by atoms with Crippen LogP contribution in [0.2, 0.25) is 0 Å². The quantitative estimate of drug-likeness (QED) is 0.555. The number of nitrogens with one attached hydrogen (secondary N) is 1. The minimum Gasteiger partial charge on any atom is -0.299 e. The highest BCUT2D eigenvalue weighted by atomic mass is 32.1. The summed E-state index contributed by atoms with van der Waals surface area (Å²) in [5, 5.41) is 12.1. The van der Waals surface area contributed by atoms with Crippen LogP contribution in [0.25, 0.3) is 0 Å². The summed E-state index contributed by atoms with van der Waals surface area (Å²) >= 11 is 1.31. The number of imide groups is 1. The maximum Gasteiger partial charge on any atom is 0.249 e. The highest BCUT2D eigenvalue weighted by Gasteiger charge is 2.58. The number of benzene rings is 1. The van der Waals surface area contributed by atoms with Crippen molar-refractivity contribution in [3.8, 4) is 0 Å². The molecule has 3 amide bonds. The molecule has 8 heteroatoms. The Hall–Kier alpha value is -2.87. The number of aromatic nitrogens is 2. The Balaban J connectivity index is 1.46. The molecule has 1 saturated carbocycles. The van der Waals surface area contributed by atoms with E-state index in [9.17, 15) is 14.4 Å². The first-order chi connectivity index (χ1) is 15.1. The summed E-state index contributed by atoms with van der Waals surface area (Å²) in [6.45, 7) is 1.97. The van der Waals surface area contributed by atoms with Crippen LogP contribution in [-0.4, -0.2) is 38.9 Å². The average Bonchev–Trinajstić information content (AvgIpc) is 3.37. The molecule has 6 rings (SSSR count). The third-order valence-corrected chi connectivity index (χ3v) is 7.66. The number of nitrogens with zero attached hydrogens (tertiary/aromatic N) is 3. The SMILES string of the molecule is CCc1nnc(NC(=O)[C@H](Cc2ccccc2)N2C(=O)[C@H]3[C@H](C2=O)[C@H]2C=C[C@H]3CC2)s1. The number of anilines is 1. The fraction of sp³-hybridized carbons (Fsp3) is 0.435. The molecule has 7 nitrogen and oxygen atoms in total. The van der Waals surface area contributed by atoms with Gasteiger partial charge in [0, 0.05) is 6.42 Å². The van der Waals surface area contributed by atoms with Gasteiger partial charge < -0.3 is 0 Å². The third-order valence-electron chi connectivity index (χ3n) is 6.68. The van der Waals surface area contributed by atoms with E-state index in [0.29, 0.717) is 5.13 Å². The number of carbonyl (C=O) groups excluding carboxylic acids is 3. The molecule has 2 bridgehead atoms. The van der Waals surface area contributed by atoms with Crippen LogP contribution in [0.3, 0.4) is 0 Å². The normalized spacial score (nSPS) is 27.5. The van der Waals surface area contributed by atoms with E-state index in [1.165, 1.54) is 16.2 Å². The van der Waals surface area contributed by atoms with Gasteiger partial charge in [-0.15, -0.1) is 10.2 Å². The van der Waals surface area contributed by atoms with Gasteiger partial charge in [0.15, 0.2) is 0 Å². The predicted molar refractivity (Wildman–Crippen MR) is 116 cm³/mol. The predicted octanol–water partition coefficient (Wildman–Crippen LogP) is 2.85. The van der Waals surface area contributed by atoms with Gasteiger partial charge in [0.05, 0.1) is 11.8 Å². The zero-order chi connectivity index (χ0) is 21.5. The van der Waals surface area contributed by atoms with E-state index in [0.717, 1.165) is 29.8 Å². The van der Waals surface area contributed by atoms with Gasteiger partial charge in [-0.2, -0.15) is 0 Å². The van der Waals surface area contributed by atoms with Gasteiger partial charge in [-0.25, -0.2) is 0 Å². The Morgan fingerprint density at radius 1 is 1.10 bits per heavy atom. The second kappa shape index (κ2) is 8.00. The molecule has 0 radical (unpaired) electrons.